The molecule has 0 bridgehead atoms. The van der Waals surface area contributed by atoms with Crippen LogP contribution in [0.2, 0.25) is 0 Å². The van der Waals surface area contributed by atoms with Gasteiger partial charge in [-0.25, -0.2) is 9.37 Å². The average molecular weight is 304 g/mol. The van der Waals surface area contributed by atoms with E-state index in [2.05, 4.69) is 4.98 Å². The third kappa shape index (κ3) is 3.35. The van der Waals surface area contributed by atoms with Crippen molar-refractivity contribution in [2.24, 2.45) is 0 Å². The lowest BCUT2D eigenvalue weighted by atomic mass is 10.1. The summed E-state index contributed by atoms with van der Waals surface area (Å²) in [5, 5.41) is 10.6. The Morgan fingerprint density at radius 3 is 2.86 bits per heavy atom. The summed E-state index contributed by atoms with van der Waals surface area (Å²) < 4.78 is 13.9. The van der Waals surface area contributed by atoms with Gasteiger partial charge in [0.2, 0.25) is 0 Å². The van der Waals surface area contributed by atoms with Crippen LogP contribution in [0.4, 0.5) is 9.52 Å². The highest BCUT2D eigenvalue weighted by Crippen LogP contribution is 2.17. The highest BCUT2D eigenvalue weighted by molar-refractivity contribution is 7.13. The molecule has 1 aromatic carbocycles. The predicted molar refractivity (Wildman–Crippen MR) is 78.1 cm³/mol. The van der Waals surface area contributed by atoms with Crippen molar-refractivity contribution >= 4 is 22.4 Å². The van der Waals surface area contributed by atoms with Gasteiger partial charge in [-0.2, -0.15) is 5.26 Å². The van der Waals surface area contributed by atoms with E-state index < -0.39 is 5.82 Å². The number of nitrogens with two attached hydrogens (primary N) is 1. The largest absolute Gasteiger partial charge is 0.375 e. The van der Waals surface area contributed by atoms with Gasteiger partial charge in [0.25, 0.3) is 5.91 Å². The molecule has 0 radical (unpaired) electrons. The lowest BCUT2D eigenvalue weighted by Gasteiger charge is -2.20. The number of nitrogen functional groups attached to an aromatic ring is 1. The minimum Gasteiger partial charge on any atom is -0.375 e. The van der Waals surface area contributed by atoms with Crippen molar-refractivity contribution in [2.45, 2.75) is 13.5 Å². The molecule has 0 saturated heterocycles. The van der Waals surface area contributed by atoms with Crippen LogP contribution in [0.15, 0.2) is 23.6 Å². The van der Waals surface area contributed by atoms with Crippen LogP contribution in [0.25, 0.3) is 0 Å². The van der Waals surface area contributed by atoms with Crippen LogP contribution < -0.4 is 5.73 Å². The number of aromatic nitrogens is 1. The summed E-state index contributed by atoms with van der Waals surface area (Å²) in [5.74, 6) is -0.799. The maximum absolute atomic E-state index is 13.9. The van der Waals surface area contributed by atoms with Crippen molar-refractivity contribution in [3.63, 3.8) is 0 Å². The fraction of sp³-hybridized carbons (Fsp3) is 0.214. The van der Waals surface area contributed by atoms with Crippen LogP contribution in [-0.4, -0.2) is 22.3 Å². The summed E-state index contributed by atoms with van der Waals surface area (Å²) in [7, 11) is 0. The Balaban J connectivity index is 2.19. The molecular weight excluding hydrogens is 291 g/mol. The number of carbonyl (C=O) groups excluding carboxylic acids is 1. The van der Waals surface area contributed by atoms with Gasteiger partial charge < -0.3 is 10.6 Å². The first kappa shape index (κ1) is 14.9. The molecule has 0 atom stereocenters. The first-order valence-electron chi connectivity index (χ1n) is 6.24. The zero-order valence-electron chi connectivity index (χ0n) is 11.3. The monoisotopic (exact) mass is 304 g/mol. The summed E-state index contributed by atoms with van der Waals surface area (Å²) >= 11 is 1.18. The zero-order valence-corrected chi connectivity index (χ0v) is 12.2. The molecule has 0 aliphatic rings. The van der Waals surface area contributed by atoms with E-state index in [1.807, 2.05) is 6.07 Å². The molecule has 2 rings (SSSR count). The van der Waals surface area contributed by atoms with Gasteiger partial charge in [-0.1, -0.05) is 6.07 Å². The van der Waals surface area contributed by atoms with Crippen LogP contribution in [0.5, 0.6) is 0 Å². The topological polar surface area (TPSA) is 83.0 Å². The number of hydrogen-bond donors (Lipinski definition) is 1. The molecule has 1 heterocycles. The number of amides is 1. The van der Waals surface area contributed by atoms with Crippen molar-refractivity contribution in [2.75, 3.05) is 12.3 Å². The van der Waals surface area contributed by atoms with E-state index in [9.17, 15) is 9.18 Å². The third-order valence-corrected chi connectivity index (χ3v) is 3.63. The number of thiazole rings is 1. The van der Waals surface area contributed by atoms with Gasteiger partial charge in [-0.3, -0.25) is 4.79 Å². The molecule has 5 nitrogen and oxygen atoms in total. The maximum Gasteiger partial charge on any atom is 0.273 e. The van der Waals surface area contributed by atoms with Gasteiger partial charge in [0.1, 0.15) is 11.5 Å². The van der Waals surface area contributed by atoms with Gasteiger partial charge in [0.15, 0.2) is 5.13 Å². The van der Waals surface area contributed by atoms with E-state index >= 15 is 0 Å². The highest BCUT2D eigenvalue weighted by atomic mass is 32.1. The number of anilines is 1. The molecular formula is C14H13FN4OS. The quantitative estimate of drug-likeness (QED) is 0.940. The number of nitrogens with zero attached hydrogens (tertiary/aromatic N) is 3. The first-order valence-corrected chi connectivity index (χ1v) is 7.12. The normalized spacial score (nSPS) is 10.1. The Kier molecular flexibility index (Phi) is 4.50. The van der Waals surface area contributed by atoms with Crippen molar-refractivity contribution < 1.29 is 9.18 Å². The van der Waals surface area contributed by atoms with Crippen molar-refractivity contribution in [3.8, 4) is 6.07 Å². The summed E-state index contributed by atoms with van der Waals surface area (Å²) in [6.45, 7) is 2.33. The number of carbonyl (C=O) groups is 1. The summed E-state index contributed by atoms with van der Waals surface area (Å²) in [6, 6.07) is 6.07. The Hall–Kier alpha value is -2.46. The van der Waals surface area contributed by atoms with Crippen molar-refractivity contribution in [1.82, 2.24) is 9.88 Å². The molecule has 0 aliphatic heterocycles. The standard InChI is InChI=1S/C14H13FN4OS/c1-2-19(13(20)12-8-21-14(17)18-12)7-10-4-3-9(6-16)5-11(10)15/h3-5,8H,2,7H2,1H3,(H2,17,18). The molecule has 0 aliphatic carbocycles. The molecule has 21 heavy (non-hydrogen) atoms. The number of rotatable bonds is 4. The van der Waals surface area contributed by atoms with E-state index in [0.717, 1.165) is 6.07 Å². The predicted octanol–water partition coefficient (Wildman–Crippen LogP) is 2.40. The summed E-state index contributed by atoms with van der Waals surface area (Å²) in [6.07, 6.45) is 0. The van der Waals surface area contributed by atoms with E-state index in [1.54, 1.807) is 12.3 Å². The fourth-order valence-electron chi connectivity index (χ4n) is 1.83. The Morgan fingerprint density at radius 2 is 2.33 bits per heavy atom. The highest BCUT2D eigenvalue weighted by Gasteiger charge is 2.18. The van der Waals surface area contributed by atoms with Gasteiger partial charge in [-0.05, 0) is 19.1 Å². The summed E-state index contributed by atoms with van der Waals surface area (Å²) in [4.78, 5) is 17.7. The fourth-order valence-corrected chi connectivity index (χ4v) is 2.36. The minimum absolute atomic E-state index is 0.115. The Labute approximate surface area is 125 Å². The molecule has 2 N–H and O–H groups in total. The van der Waals surface area contributed by atoms with Crippen molar-refractivity contribution in [3.05, 3.63) is 46.2 Å². The lowest BCUT2D eigenvalue weighted by molar-refractivity contribution is 0.0746. The number of halogens is 1. The van der Waals surface area contributed by atoms with Gasteiger partial charge in [0.05, 0.1) is 11.6 Å². The van der Waals surface area contributed by atoms with Crippen molar-refractivity contribution in [1.29, 1.82) is 5.26 Å². The molecule has 0 saturated carbocycles. The van der Waals surface area contributed by atoms with Crippen LogP contribution in [0, 0.1) is 17.1 Å². The smallest absolute Gasteiger partial charge is 0.273 e. The SMILES string of the molecule is CCN(Cc1ccc(C#N)cc1F)C(=O)c1csc(N)n1. The third-order valence-electron chi connectivity index (χ3n) is 2.95. The first-order chi connectivity index (χ1) is 10.0. The van der Waals surface area contributed by atoms with E-state index in [1.165, 1.54) is 28.4 Å². The molecule has 1 amide bonds. The van der Waals surface area contributed by atoms with E-state index in [4.69, 9.17) is 11.0 Å². The molecule has 0 spiro atoms. The molecule has 2 aromatic rings. The number of hydrogen-bond acceptors (Lipinski definition) is 5. The number of benzene rings is 1. The minimum atomic E-state index is -0.502. The summed E-state index contributed by atoms with van der Waals surface area (Å²) in [5.41, 5.74) is 6.37. The second-order valence-corrected chi connectivity index (χ2v) is 5.20. The second-order valence-electron chi connectivity index (χ2n) is 4.31. The molecule has 108 valence electrons. The molecule has 0 fully saturated rings. The van der Waals surface area contributed by atoms with Crippen LogP contribution in [0.1, 0.15) is 28.5 Å². The molecule has 0 unspecified atom stereocenters. The average Bonchev–Trinajstić information content (AvgIpc) is 2.92. The van der Waals surface area contributed by atoms with E-state index in [-0.39, 0.29) is 23.7 Å². The van der Waals surface area contributed by atoms with Crippen LogP contribution >= 0.6 is 11.3 Å². The van der Waals surface area contributed by atoms with Gasteiger partial charge in [-0.15, -0.1) is 11.3 Å². The lowest BCUT2D eigenvalue weighted by Crippen LogP contribution is -2.31. The van der Waals surface area contributed by atoms with E-state index in [0.29, 0.717) is 17.2 Å². The molecule has 1 aromatic heterocycles. The Morgan fingerprint density at radius 1 is 1.57 bits per heavy atom. The zero-order chi connectivity index (χ0) is 15.4. The molecule has 7 heteroatoms. The Bertz CT molecular complexity index is 707. The van der Waals surface area contributed by atoms with Gasteiger partial charge in [0, 0.05) is 24.0 Å². The number of nitriles is 1. The maximum atomic E-state index is 13.9. The van der Waals surface area contributed by atoms with Crippen LogP contribution in [0.3, 0.4) is 0 Å². The van der Waals surface area contributed by atoms with Gasteiger partial charge >= 0.3 is 0 Å². The second kappa shape index (κ2) is 6.33. The van der Waals surface area contributed by atoms with Crippen LogP contribution in [-0.2, 0) is 6.54 Å².